The van der Waals surface area contributed by atoms with Gasteiger partial charge in [0, 0.05) is 5.41 Å². The third-order valence-electron chi connectivity index (χ3n) is 2.12. The first-order chi connectivity index (χ1) is 5.93. The highest BCUT2D eigenvalue weighted by Crippen LogP contribution is 2.29. The zero-order valence-electron chi connectivity index (χ0n) is 9.07. The van der Waals surface area contributed by atoms with Crippen LogP contribution in [0, 0.1) is 5.41 Å². The number of nitrogens with zero attached hydrogens (tertiary/aromatic N) is 1. The van der Waals surface area contributed by atoms with Gasteiger partial charge in [-0.2, -0.15) is 0 Å². The molecule has 0 spiro atoms. The molecule has 0 N–H and O–H groups in total. The first-order valence-corrected chi connectivity index (χ1v) is 4.55. The van der Waals surface area contributed by atoms with Crippen molar-refractivity contribution in [3.8, 4) is 0 Å². The van der Waals surface area contributed by atoms with Crippen LogP contribution in [-0.4, -0.2) is 31.3 Å². The molecule has 0 saturated heterocycles. The Balaban J connectivity index is 2.75. The minimum atomic E-state index is 0.00463. The van der Waals surface area contributed by atoms with Gasteiger partial charge >= 0.3 is 0 Å². The molecule has 0 aromatic rings. The van der Waals surface area contributed by atoms with E-state index in [0.717, 1.165) is 0 Å². The third-order valence-corrected chi connectivity index (χ3v) is 2.12. The van der Waals surface area contributed by atoms with Gasteiger partial charge in [0.05, 0.1) is 0 Å². The molecule has 76 valence electrons. The molecule has 0 amide bonds. The molecule has 0 fully saturated rings. The molecule has 0 aliphatic carbocycles. The minimum Gasteiger partial charge on any atom is -0.489 e. The third kappa shape index (κ3) is 2.37. The van der Waals surface area contributed by atoms with Crippen molar-refractivity contribution in [1.82, 2.24) is 4.90 Å². The summed E-state index contributed by atoms with van der Waals surface area (Å²) in [7, 11) is 3.98. The molecule has 2 atom stereocenters. The lowest BCUT2D eigenvalue weighted by Gasteiger charge is -2.40. The molecule has 1 rings (SSSR count). The van der Waals surface area contributed by atoms with Crippen molar-refractivity contribution in [3.05, 3.63) is 12.5 Å². The van der Waals surface area contributed by atoms with E-state index in [9.17, 15) is 0 Å². The fourth-order valence-electron chi connectivity index (χ4n) is 1.39. The monoisotopic (exact) mass is 185 g/mol. The molecule has 2 unspecified atom stereocenters. The normalized spacial score (nSPS) is 28.5. The highest BCUT2D eigenvalue weighted by Gasteiger charge is 2.37. The summed E-state index contributed by atoms with van der Waals surface area (Å²) < 4.78 is 11.1. The van der Waals surface area contributed by atoms with Gasteiger partial charge in [0.25, 0.3) is 0 Å². The van der Waals surface area contributed by atoms with Gasteiger partial charge in [0.1, 0.15) is 12.5 Å². The maximum atomic E-state index is 5.57. The Hall–Kier alpha value is -0.700. The van der Waals surface area contributed by atoms with Crippen molar-refractivity contribution in [1.29, 1.82) is 0 Å². The number of hydrogen-bond acceptors (Lipinski definition) is 3. The Morgan fingerprint density at radius 2 is 1.62 bits per heavy atom. The van der Waals surface area contributed by atoms with Gasteiger partial charge in [-0.3, -0.25) is 4.90 Å². The Bertz CT molecular complexity index is 194. The topological polar surface area (TPSA) is 21.7 Å². The van der Waals surface area contributed by atoms with E-state index in [1.54, 1.807) is 12.5 Å². The predicted octanol–water partition coefficient (Wildman–Crippen LogP) is 1.81. The minimum absolute atomic E-state index is 0.00463. The second-order valence-electron chi connectivity index (χ2n) is 4.69. The van der Waals surface area contributed by atoms with Crippen LogP contribution in [-0.2, 0) is 9.47 Å². The average molecular weight is 185 g/mol. The maximum Gasteiger partial charge on any atom is 0.189 e. The standard InChI is InChI=1S/C10H19NO2/c1-10(2,3)8-9(11(4)5)13-7-6-12-8/h6-9H,1-5H3. The zero-order valence-corrected chi connectivity index (χ0v) is 9.07. The summed E-state index contributed by atoms with van der Waals surface area (Å²) in [5.41, 5.74) is 0.0830. The number of likely N-dealkylation sites (N-methyl/N-ethyl adjacent to an activating group) is 1. The molecule has 3 nitrogen and oxygen atoms in total. The molecule has 1 aliphatic heterocycles. The lowest BCUT2D eigenvalue weighted by molar-refractivity contribution is -0.137. The Labute approximate surface area is 80.3 Å². The smallest absolute Gasteiger partial charge is 0.189 e. The van der Waals surface area contributed by atoms with Crippen LogP contribution in [0.15, 0.2) is 12.5 Å². The summed E-state index contributed by atoms with van der Waals surface area (Å²) in [4.78, 5) is 2.03. The van der Waals surface area contributed by atoms with Gasteiger partial charge in [-0.15, -0.1) is 0 Å². The molecule has 0 bridgehead atoms. The predicted molar refractivity (Wildman–Crippen MR) is 52.0 cm³/mol. The van der Waals surface area contributed by atoms with Crippen molar-refractivity contribution in [2.75, 3.05) is 14.1 Å². The van der Waals surface area contributed by atoms with Crippen LogP contribution in [0.4, 0.5) is 0 Å². The Morgan fingerprint density at radius 1 is 1.08 bits per heavy atom. The molecule has 13 heavy (non-hydrogen) atoms. The van der Waals surface area contributed by atoms with Crippen LogP contribution in [0.3, 0.4) is 0 Å². The summed E-state index contributed by atoms with van der Waals surface area (Å²) in [5, 5.41) is 0. The SMILES string of the molecule is CN(C)C1OC=COC1C(C)(C)C. The first-order valence-electron chi connectivity index (χ1n) is 4.55. The molecule has 0 saturated carbocycles. The van der Waals surface area contributed by atoms with Crippen LogP contribution in [0.25, 0.3) is 0 Å². The van der Waals surface area contributed by atoms with Crippen LogP contribution in [0.1, 0.15) is 20.8 Å². The van der Waals surface area contributed by atoms with E-state index in [1.807, 2.05) is 19.0 Å². The summed E-state index contributed by atoms with van der Waals surface area (Å²) in [6.45, 7) is 6.45. The quantitative estimate of drug-likeness (QED) is 0.622. The second kappa shape index (κ2) is 3.58. The van der Waals surface area contributed by atoms with E-state index >= 15 is 0 Å². The molecule has 0 aromatic carbocycles. The molecule has 1 aliphatic rings. The van der Waals surface area contributed by atoms with E-state index in [4.69, 9.17) is 9.47 Å². The van der Waals surface area contributed by atoms with Crippen LogP contribution < -0.4 is 0 Å². The Morgan fingerprint density at radius 3 is 2.00 bits per heavy atom. The van der Waals surface area contributed by atoms with Crippen molar-refractivity contribution in [2.24, 2.45) is 5.41 Å². The summed E-state index contributed by atoms with van der Waals surface area (Å²) in [6, 6.07) is 0. The van der Waals surface area contributed by atoms with Gasteiger partial charge < -0.3 is 9.47 Å². The highest BCUT2D eigenvalue weighted by atomic mass is 16.6. The van der Waals surface area contributed by atoms with E-state index in [1.165, 1.54) is 0 Å². The van der Waals surface area contributed by atoms with Crippen LogP contribution in [0.2, 0.25) is 0 Å². The lowest BCUT2D eigenvalue weighted by Crippen LogP contribution is -2.49. The van der Waals surface area contributed by atoms with Gasteiger partial charge in [-0.25, -0.2) is 0 Å². The van der Waals surface area contributed by atoms with Crippen molar-refractivity contribution in [2.45, 2.75) is 33.1 Å². The zero-order chi connectivity index (χ0) is 10.1. The summed E-state index contributed by atoms with van der Waals surface area (Å²) in [6.07, 6.45) is 3.31. The largest absolute Gasteiger partial charge is 0.489 e. The fourth-order valence-corrected chi connectivity index (χ4v) is 1.39. The highest BCUT2D eigenvalue weighted by molar-refractivity contribution is 4.87. The van der Waals surface area contributed by atoms with E-state index in [2.05, 4.69) is 20.8 Å². The van der Waals surface area contributed by atoms with Crippen molar-refractivity contribution < 1.29 is 9.47 Å². The van der Waals surface area contributed by atoms with Gasteiger partial charge in [-0.1, -0.05) is 20.8 Å². The van der Waals surface area contributed by atoms with E-state index < -0.39 is 0 Å². The summed E-state index contributed by atoms with van der Waals surface area (Å²) >= 11 is 0. The molecule has 3 heteroatoms. The van der Waals surface area contributed by atoms with Gasteiger partial charge in [0.2, 0.25) is 0 Å². The van der Waals surface area contributed by atoms with Crippen molar-refractivity contribution >= 4 is 0 Å². The maximum absolute atomic E-state index is 5.57. The first kappa shape index (κ1) is 10.4. The number of rotatable bonds is 1. The van der Waals surface area contributed by atoms with Gasteiger partial charge in [0.15, 0.2) is 12.3 Å². The molecular weight excluding hydrogens is 166 g/mol. The number of hydrogen-bond donors (Lipinski definition) is 0. The van der Waals surface area contributed by atoms with Crippen molar-refractivity contribution in [3.63, 3.8) is 0 Å². The second-order valence-corrected chi connectivity index (χ2v) is 4.69. The number of ether oxygens (including phenoxy) is 2. The lowest BCUT2D eigenvalue weighted by atomic mass is 9.87. The van der Waals surface area contributed by atoms with Gasteiger partial charge in [-0.05, 0) is 14.1 Å². The van der Waals surface area contributed by atoms with E-state index in [0.29, 0.717) is 0 Å². The summed E-state index contributed by atoms with van der Waals surface area (Å²) in [5.74, 6) is 0. The molecular formula is C10H19NO2. The molecule has 1 heterocycles. The fraction of sp³-hybridized carbons (Fsp3) is 0.800. The Kier molecular flexibility index (Phi) is 2.86. The van der Waals surface area contributed by atoms with E-state index in [-0.39, 0.29) is 17.7 Å². The van der Waals surface area contributed by atoms with Crippen LogP contribution >= 0.6 is 0 Å². The average Bonchev–Trinajstić information content (AvgIpc) is 2.03. The molecule has 0 aromatic heterocycles. The van der Waals surface area contributed by atoms with Crippen LogP contribution in [0.5, 0.6) is 0 Å². The molecule has 0 radical (unpaired) electrons.